The lowest BCUT2D eigenvalue weighted by molar-refractivity contribution is 0.350. The Morgan fingerprint density at radius 1 is 1.28 bits per heavy atom. The minimum Gasteiger partial charge on any atom is -0.339 e. The molecule has 0 radical (unpaired) electrons. The zero-order chi connectivity index (χ0) is 12.4. The first-order valence-corrected chi connectivity index (χ1v) is 7.36. The third kappa shape index (κ3) is 2.39. The fraction of sp³-hybridized carbons (Fsp3) is 0.786. The Hall–Kier alpha value is -1.03. The second-order valence-electron chi connectivity index (χ2n) is 5.73. The minimum absolute atomic E-state index is 0.565. The number of hydrogen-bond donors (Lipinski definition) is 1. The van der Waals surface area contributed by atoms with Gasteiger partial charge in [0.15, 0.2) is 0 Å². The van der Waals surface area contributed by atoms with Gasteiger partial charge < -0.3 is 14.8 Å². The lowest BCUT2D eigenvalue weighted by Gasteiger charge is -2.35. The van der Waals surface area contributed by atoms with Crippen molar-refractivity contribution in [2.24, 2.45) is 0 Å². The van der Waals surface area contributed by atoms with Gasteiger partial charge in [0, 0.05) is 44.1 Å². The van der Waals surface area contributed by atoms with Crippen LogP contribution in [-0.2, 0) is 0 Å². The monoisotopic (exact) mass is 248 g/mol. The van der Waals surface area contributed by atoms with Gasteiger partial charge in [0.25, 0.3) is 0 Å². The highest BCUT2D eigenvalue weighted by Crippen LogP contribution is 2.31. The molecule has 0 unspecified atom stereocenters. The van der Waals surface area contributed by atoms with Gasteiger partial charge >= 0.3 is 0 Å². The van der Waals surface area contributed by atoms with Crippen LogP contribution < -0.4 is 10.2 Å². The van der Waals surface area contributed by atoms with Crippen LogP contribution in [0.3, 0.4) is 0 Å². The molecule has 1 N–H and O–H groups in total. The highest BCUT2D eigenvalue weighted by Gasteiger charge is 2.23. The van der Waals surface area contributed by atoms with Crippen LogP contribution in [0.4, 0.5) is 5.95 Å². The summed E-state index contributed by atoms with van der Waals surface area (Å²) in [5.41, 5.74) is 0. The zero-order valence-corrected chi connectivity index (χ0v) is 11.3. The summed E-state index contributed by atoms with van der Waals surface area (Å²) in [6, 6.07) is 1.25. The van der Waals surface area contributed by atoms with E-state index in [0.717, 1.165) is 19.6 Å². The summed E-state index contributed by atoms with van der Waals surface area (Å²) < 4.78 is 2.43. The molecule has 0 bridgehead atoms. The average molecular weight is 248 g/mol. The molecular weight excluding hydrogens is 224 g/mol. The molecule has 1 aromatic rings. The number of rotatable bonds is 2. The van der Waals surface area contributed by atoms with Gasteiger partial charge in [-0.2, -0.15) is 0 Å². The fourth-order valence-corrected chi connectivity index (χ4v) is 3.31. The maximum absolute atomic E-state index is 4.61. The van der Waals surface area contributed by atoms with E-state index in [1.165, 1.54) is 38.1 Å². The molecular formula is C14H24N4. The SMILES string of the molecule is C[C@@H]1CN(c2nccn2C2CCCCC2)CCN1. The van der Waals surface area contributed by atoms with Gasteiger partial charge in [0.1, 0.15) is 0 Å². The van der Waals surface area contributed by atoms with Crippen LogP contribution in [0.15, 0.2) is 12.4 Å². The molecule has 4 nitrogen and oxygen atoms in total. The van der Waals surface area contributed by atoms with Crippen molar-refractivity contribution in [3.63, 3.8) is 0 Å². The van der Waals surface area contributed by atoms with E-state index in [1.807, 2.05) is 6.20 Å². The number of hydrogen-bond acceptors (Lipinski definition) is 3. The molecule has 1 saturated carbocycles. The van der Waals surface area contributed by atoms with Gasteiger partial charge in [0.2, 0.25) is 5.95 Å². The summed E-state index contributed by atoms with van der Waals surface area (Å²) in [7, 11) is 0. The molecule has 1 aromatic heterocycles. The van der Waals surface area contributed by atoms with E-state index in [2.05, 4.69) is 32.9 Å². The van der Waals surface area contributed by atoms with Crippen molar-refractivity contribution in [3.05, 3.63) is 12.4 Å². The van der Waals surface area contributed by atoms with Crippen molar-refractivity contribution in [1.82, 2.24) is 14.9 Å². The standard InChI is InChI=1S/C14H24N4/c1-12-11-17(9-7-15-12)14-16-8-10-18(14)13-5-3-2-4-6-13/h8,10,12-13,15H,2-7,9,11H2,1H3/t12-/m1/s1. The Labute approximate surface area is 109 Å². The van der Waals surface area contributed by atoms with Gasteiger partial charge in [-0.3, -0.25) is 0 Å². The smallest absolute Gasteiger partial charge is 0.205 e. The van der Waals surface area contributed by atoms with E-state index in [0.29, 0.717) is 12.1 Å². The topological polar surface area (TPSA) is 33.1 Å². The van der Waals surface area contributed by atoms with Crippen LogP contribution in [0.1, 0.15) is 45.1 Å². The Morgan fingerprint density at radius 3 is 2.89 bits per heavy atom. The third-order valence-corrected chi connectivity index (χ3v) is 4.27. The van der Waals surface area contributed by atoms with E-state index in [1.54, 1.807) is 0 Å². The quantitative estimate of drug-likeness (QED) is 0.871. The minimum atomic E-state index is 0.565. The lowest BCUT2D eigenvalue weighted by Crippen LogP contribution is -2.50. The van der Waals surface area contributed by atoms with Crippen molar-refractivity contribution in [2.75, 3.05) is 24.5 Å². The predicted molar refractivity (Wildman–Crippen MR) is 74.0 cm³/mol. The number of anilines is 1. The molecule has 1 aliphatic carbocycles. The molecule has 4 heteroatoms. The molecule has 2 fully saturated rings. The number of imidazole rings is 1. The summed E-state index contributed by atoms with van der Waals surface area (Å²) >= 11 is 0. The first kappa shape index (κ1) is 12.0. The molecule has 2 heterocycles. The molecule has 100 valence electrons. The van der Waals surface area contributed by atoms with Crippen LogP contribution in [-0.4, -0.2) is 35.2 Å². The highest BCUT2D eigenvalue weighted by atomic mass is 15.3. The van der Waals surface area contributed by atoms with E-state index in [9.17, 15) is 0 Å². The van der Waals surface area contributed by atoms with Crippen molar-refractivity contribution in [3.8, 4) is 0 Å². The van der Waals surface area contributed by atoms with Crippen LogP contribution in [0, 0.1) is 0 Å². The average Bonchev–Trinajstić information content (AvgIpc) is 2.89. The molecule has 0 aromatic carbocycles. The first-order chi connectivity index (χ1) is 8.84. The summed E-state index contributed by atoms with van der Waals surface area (Å²) in [6.07, 6.45) is 11.0. The van der Waals surface area contributed by atoms with E-state index >= 15 is 0 Å². The highest BCUT2D eigenvalue weighted by molar-refractivity contribution is 5.33. The van der Waals surface area contributed by atoms with Gasteiger partial charge in [-0.05, 0) is 19.8 Å². The van der Waals surface area contributed by atoms with Crippen LogP contribution in [0.5, 0.6) is 0 Å². The summed E-state index contributed by atoms with van der Waals surface area (Å²) in [5, 5.41) is 3.49. The zero-order valence-electron chi connectivity index (χ0n) is 11.3. The van der Waals surface area contributed by atoms with Crippen LogP contribution in [0.2, 0.25) is 0 Å². The second-order valence-corrected chi connectivity index (χ2v) is 5.73. The van der Waals surface area contributed by atoms with Gasteiger partial charge in [-0.25, -0.2) is 4.98 Å². The number of nitrogens with one attached hydrogen (secondary N) is 1. The molecule has 18 heavy (non-hydrogen) atoms. The van der Waals surface area contributed by atoms with E-state index in [-0.39, 0.29) is 0 Å². The van der Waals surface area contributed by atoms with Crippen molar-refractivity contribution < 1.29 is 0 Å². The van der Waals surface area contributed by atoms with Gasteiger partial charge in [0.05, 0.1) is 0 Å². The number of piperazine rings is 1. The fourth-order valence-electron chi connectivity index (χ4n) is 3.31. The van der Waals surface area contributed by atoms with Gasteiger partial charge in [-0.1, -0.05) is 19.3 Å². The molecule has 1 saturated heterocycles. The normalized spacial score (nSPS) is 26.5. The Balaban J connectivity index is 1.77. The third-order valence-electron chi connectivity index (χ3n) is 4.27. The van der Waals surface area contributed by atoms with Crippen molar-refractivity contribution in [2.45, 2.75) is 51.1 Å². The maximum Gasteiger partial charge on any atom is 0.205 e. The largest absolute Gasteiger partial charge is 0.339 e. The summed E-state index contributed by atoms with van der Waals surface area (Å²) in [5.74, 6) is 1.19. The molecule has 0 amide bonds. The molecule has 3 rings (SSSR count). The van der Waals surface area contributed by atoms with Gasteiger partial charge in [-0.15, -0.1) is 0 Å². The molecule has 0 spiro atoms. The molecule has 2 aliphatic rings. The summed E-state index contributed by atoms with van der Waals surface area (Å²) in [6.45, 7) is 5.47. The van der Waals surface area contributed by atoms with E-state index in [4.69, 9.17) is 0 Å². The number of aromatic nitrogens is 2. The predicted octanol–water partition coefficient (Wildman–Crippen LogP) is 2.19. The van der Waals surface area contributed by atoms with E-state index < -0.39 is 0 Å². The van der Waals surface area contributed by atoms with Crippen molar-refractivity contribution in [1.29, 1.82) is 0 Å². The first-order valence-electron chi connectivity index (χ1n) is 7.36. The summed E-state index contributed by atoms with van der Waals surface area (Å²) in [4.78, 5) is 7.05. The molecule has 1 atom stereocenters. The Bertz CT molecular complexity index is 381. The van der Waals surface area contributed by atoms with Crippen LogP contribution in [0.25, 0.3) is 0 Å². The van der Waals surface area contributed by atoms with Crippen LogP contribution >= 0.6 is 0 Å². The Kier molecular flexibility index (Phi) is 3.55. The molecule has 1 aliphatic heterocycles. The maximum atomic E-state index is 4.61. The second kappa shape index (κ2) is 5.31. The van der Waals surface area contributed by atoms with Crippen molar-refractivity contribution >= 4 is 5.95 Å². The lowest BCUT2D eigenvalue weighted by atomic mass is 9.95. The Morgan fingerprint density at radius 2 is 2.11 bits per heavy atom. The number of nitrogens with zero attached hydrogens (tertiary/aromatic N) is 3.